The van der Waals surface area contributed by atoms with Crippen LogP contribution in [0.5, 0.6) is 0 Å². The Labute approximate surface area is 118 Å². The summed E-state index contributed by atoms with van der Waals surface area (Å²) >= 11 is 0.995. The fourth-order valence-corrected chi connectivity index (χ4v) is 2.21. The summed E-state index contributed by atoms with van der Waals surface area (Å²) in [4.78, 5) is 26.1. The quantitative estimate of drug-likeness (QED) is 0.873. The Hall–Kier alpha value is -2.09. The van der Waals surface area contributed by atoms with Gasteiger partial charge in [0.05, 0.1) is 22.5 Å². The maximum Gasteiger partial charge on any atom is 0.313 e. The summed E-state index contributed by atoms with van der Waals surface area (Å²) in [6.45, 7) is 0. The van der Waals surface area contributed by atoms with Gasteiger partial charge in [-0.2, -0.15) is 0 Å². The minimum atomic E-state index is -0.971. The topological polar surface area (TPSA) is 84.2 Å². The van der Waals surface area contributed by atoms with E-state index in [-0.39, 0.29) is 17.4 Å². The number of hydrogen-bond donors (Lipinski definition) is 2. The lowest BCUT2D eigenvalue weighted by Crippen LogP contribution is -2.17. The molecule has 0 fully saturated rings. The smallest absolute Gasteiger partial charge is 0.313 e. The Balaban J connectivity index is 2.07. The van der Waals surface area contributed by atoms with Crippen LogP contribution in [0.25, 0.3) is 11.0 Å². The average Bonchev–Trinajstić information content (AvgIpc) is 2.65. The molecular formula is C12H12FN3O3S. The van der Waals surface area contributed by atoms with E-state index in [1.807, 2.05) is 0 Å². The van der Waals surface area contributed by atoms with E-state index in [4.69, 9.17) is 5.11 Å². The molecule has 6 nitrogen and oxygen atoms in total. The Morgan fingerprint density at radius 2 is 2.20 bits per heavy atom. The highest BCUT2D eigenvalue weighted by atomic mass is 32.2. The molecule has 106 valence electrons. The van der Waals surface area contributed by atoms with Crippen LogP contribution in [-0.2, 0) is 16.6 Å². The number of carbonyl (C=O) groups is 2. The number of aromatic nitrogens is 2. The maximum atomic E-state index is 13.1. The molecule has 2 rings (SSSR count). The van der Waals surface area contributed by atoms with Crippen molar-refractivity contribution in [1.82, 2.24) is 9.55 Å². The summed E-state index contributed by atoms with van der Waals surface area (Å²) in [5.41, 5.74) is 1.14. The number of amides is 1. The van der Waals surface area contributed by atoms with E-state index in [9.17, 15) is 14.0 Å². The summed E-state index contributed by atoms with van der Waals surface area (Å²) < 4.78 is 14.7. The lowest BCUT2D eigenvalue weighted by molar-refractivity contribution is -0.133. The second-order valence-electron chi connectivity index (χ2n) is 4.06. The summed E-state index contributed by atoms with van der Waals surface area (Å²) in [5, 5.41) is 11.0. The van der Waals surface area contributed by atoms with Crippen LogP contribution in [0, 0.1) is 5.82 Å². The van der Waals surface area contributed by atoms with Gasteiger partial charge in [-0.25, -0.2) is 9.37 Å². The fraction of sp³-hybridized carbons (Fsp3) is 0.250. The number of nitrogens with zero attached hydrogens (tertiary/aromatic N) is 2. The molecule has 0 bridgehead atoms. The van der Waals surface area contributed by atoms with Gasteiger partial charge in [0.15, 0.2) is 0 Å². The molecule has 0 unspecified atom stereocenters. The number of imidazole rings is 1. The van der Waals surface area contributed by atoms with Crippen LogP contribution in [-0.4, -0.2) is 38.0 Å². The third-order valence-corrected chi connectivity index (χ3v) is 3.47. The SMILES string of the molecule is Cn1c(NC(=O)CSCC(=O)O)nc2cc(F)ccc21. The van der Waals surface area contributed by atoms with Gasteiger partial charge >= 0.3 is 5.97 Å². The van der Waals surface area contributed by atoms with Gasteiger partial charge in [0.25, 0.3) is 0 Å². The molecule has 0 spiro atoms. The molecule has 2 N–H and O–H groups in total. The van der Waals surface area contributed by atoms with Gasteiger partial charge in [0.1, 0.15) is 5.82 Å². The number of thioether (sulfide) groups is 1. The second kappa shape index (κ2) is 5.91. The fourth-order valence-electron chi connectivity index (χ4n) is 1.68. The van der Waals surface area contributed by atoms with Gasteiger partial charge in [-0.1, -0.05) is 0 Å². The molecule has 0 atom stereocenters. The van der Waals surface area contributed by atoms with E-state index < -0.39 is 11.8 Å². The molecule has 1 aromatic heterocycles. The lowest BCUT2D eigenvalue weighted by Gasteiger charge is -2.04. The summed E-state index contributed by atoms with van der Waals surface area (Å²) in [6, 6.07) is 4.18. The van der Waals surface area contributed by atoms with Crippen molar-refractivity contribution < 1.29 is 19.1 Å². The largest absolute Gasteiger partial charge is 0.481 e. The van der Waals surface area contributed by atoms with Crippen molar-refractivity contribution in [3.8, 4) is 0 Å². The van der Waals surface area contributed by atoms with Gasteiger partial charge in [0.2, 0.25) is 11.9 Å². The van der Waals surface area contributed by atoms with E-state index >= 15 is 0 Å². The number of halogens is 1. The molecule has 20 heavy (non-hydrogen) atoms. The van der Waals surface area contributed by atoms with E-state index in [1.54, 1.807) is 17.7 Å². The number of nitrogens with one attached hydrogen (secondary N) is 1. The zero-order valence-corrected chi connectivity index (χ0v) is 11.4. The first-order chi connectivity index (χ1) is 9.47. The summed E-state index contributed by atoms with van der Waals surface area (Å²) in [7, 11) is 1.70. The average molecular weight is 297 g/mol. The van der Waals surface area contributed by atoms with Gasteiger partial charge in [-0.05, 0) is 12.1 Å². The Kier molecular flexibility index (Phi) is 4.23. The normalized spacial score (nSPS) is 10.7. The first-order valence-corrected chi connectivity index (χ1v) is 6.84. The number of aliphatic carboxylic acids is 1. The van der Waals surface area contributed by atoms with Crippen LogP contribution >= 0.6 is 11.8 Å². The molecule has 8 heteroatoms. The molecule has 0 radical (unpaired) electrons. The molecule has 0 aliphatic carbocycles. The highest BCUT2D eigenvalue weighted by Crippen LogP contribution is 2.19. The van der Waals surface area contributed by atoms with Crippen LogP contribution in [0.1, 0.15) is 0 Å². The Morgan fingerprint density at radius 3 is 2.90 bits per heavy atom. The van der Waals surface area contributed by atoms with Crippen LogP contribution < -0.4 is 5.32 Å². The third-order valence-electron chi connectivity index (χ3n) is 2.55. The zero-order valence-electron chi connectivity index (χ0n) is 10.6. The molecule has 1 aromatic carbocycles. The van der Waals surface area contributed by atoms with Gasteiger partial charge in [-0.15, -0.1) is 11.8 Å². The first kappa shape index (κ1) is 14.3. The minimum Gasteiger partial charge on any atom is -0.481 e. The number of hydrogen-bond acceptors (Lipinski definition) is 4. The molecule has 0 saturated carbocycles. The van der Waals surface area contributed by atoms with Crippen LogP contribution in [0.15, 0.2) is 18.2 Å². The predicted octanol–water partition coefficient (Wildman–Crippen LogP) is 1.47. The Morgan fingerprint density at radius 1 is 1.45 bits per heavy atom. The van der Waals surface area contributed by atoms with Crippen molar-refractivity contribution in [1.29, 1.82) is 0 Å². The number of aryl methyl sites for hydroxylation is 1. The summed E-state index contributed by atoms with van der Waals surface area (Å²) in [5.74, 6) is -1.54. The number of rotatable bonds is 5. The van der Waals surface area contributed by atoms with Gasteiger partial charge < -0.3 is 9.67 Å². The van der Waals surface area contributed by atoms with Crippen LogP contribution in [0.2, 0.25) is 0 Å². The Bertz CT molecular complexity index is 671. The van der Waals surface area contributed by atoms with Crippen LogP contribution in [0.4, 0.5) is 10.3 Å². The summed E-state index contributed by atoms with van der Waals surface area (Å²) in [6.07, 6.45) is 0. The van der Waals surface area contributed by atoms with Gasteiger partial charge in [-0.3, -0.25) is 14.9 Å². The van der Waals surface area contributed by atoms with Crippen molar-refractivity contribution in [2.24, 2.45) is 7.05 Å². The highest BCUT2D eigenvalue weighted by Gasteiger charge is 2.11. The van der Waals surface area contributed by atoms with Crippen molar-refractivity contribution in [3.63, 3.8) is 0 Å². The van der Waals surface area contributed by atoms with Crippen molar-refractivity contribution in [3.05, 3.63) is 24.0 Å². The van der Waals surface area contributed by atoms with Gasteiger partial charge in [0, 0.05) is 13.1 Å². The molecule has 0 aliphatic heterocycles. The predicted molar refractivity (Wildman–Crippen MR) is 74.3 cm³/mol. The van der Waals surface area contributed by atoms with Crippen molar-refractivity contribution in [2.45, 2.75) is 0 Å². The highest BCUT2D eigenvalue weighted by molar-refractivity contribution is 8.00. The van der Waals surface area contributed by atoms with E-state index in [0.29, 0.717) is 17.0 Å². The molecule has 1 heterocycles. The van der Waals surface area contributed by atoms with E-state index in [1.165, 1.54) is 12.1 Å². The molecular weight excluding hydrogens is 285 g/mol. The third kappa shape index (κ3) is 3.27. The van der Waals surface area contributed by atoms with Crippen LogP contribution in [0.3, 0.4) is 0 Å². The number of benzene rings is 1. The number of carboxylic acids is 1. The minimum absolute atomic E-state index is 0.0177. The first-order valence-electron chi connectivity index (χ1n) is 5.68. The number of fused-ring (bicyclic) bond motifs is 1. The zero-order chi connectivity index (χ0) is 14.7. The number of carbonyl (C=O) groups excluding carboxylic acids is 1. The lowest BCUT2D eigenvalue weighted by atomic mass is 10.3. The van der Waals surface area contributed by atoms with Crippen molar-refractivity contribution in [2.75, 3.05) is 16.8 Å². The molecule has 1 amide bonds. The second-order valence-corrected chi connectivity index (χ2v) is 5.05. The molecule has 0 aliphatic rings. The number of carboxylic acid groups (broad SMARTS) is 1. The monoisotopic (exact) mass is 297 g/mol. The standard InChI is InChI=1S/C12H12FN3O3S/c1-16-9-3-2-7(13)4-8(9)14-12(16)15-10(17)5-20-6-11(18)19/h2-4H,5-6H2,1H3,(H,18,19)(H,14,15,17). The molecule has 0 saturated heterocycles. The van der Waals surface area contributed by atoms with E-state index in [0.717, 1.165) is 11.8 Å². The molecule has 2 aromatic rings. The van der Waals surface area contributed by atoms with E-state index in [2.05, 4.69) is 10.3 Å². The van der Waals surface area contributed by atoms with Crippen molar-refractivity contribution >= 4 is 40.6 Å². The maximum absolute atomic E-state index is 13.1. The number of anilines is 1.